The minimum atomic E-state index is -3.42. The minimum Gasteiger partial charge on any atom is -0.212 e. The van der Waals surface area contributed by atoms with Crippen LogP contribution in [0.3, 0.4) is 0 Å². The zero-order valence-corrected chi connectivity index (χ0v) is 13.2. The fourth-order valence-electron chi connectivity index (χ4n) is 1.99. The number of nitrogens with zero attached hydrogens (tertiary/aromatic N) is 1. The van der Waals surface area contributed by atoms with Crippen molar-refractivity contribution >= 4 is 21.4 Å². The Balaban J connectivity index is 2.09. The van der Waals surface area contributed by atoms with E-state index in [9.17, 15) is 8.42 Å². The summed E-state index contributed by atoms with van der Waals surface area (Å²) >= 11 is 1.54. The molecule has 21 heavy (non-hydrogen) atoms. The van der Waals surface area contributed by atoms with E-state index >= 15 is 0 Å². The monoisotopic (exact) mass is 320 g/mol. The zero-order chi connectivity index (χ0) is 15.3. The molecule has 0 saturated carbocycles. The molecule has 0 aliphatic carbocycles. The van der Waals surface area contributed by atoms with Crippen LogP contribution in [0.15, 0.2) is 41.8 Å². The number of benzene rings is 1. The Bertz CT molecular complexity index is 714. The lowest BCUT2D eigenvalue weighted by atomic mass is 10.2. The van der Waals surface area contributed by atoms with Gasteiger partial charge < -0.3 is 0 Å². The predicted octanol–water partition coefficient (Wildman–Crippen LogP) is 3.19. The highest BCUT2D eigenvalue weighted by molar-refractivity contribution is 7.88. The van der Waals surface area contributed by atoms with Crippen molar-refractivity contribution in [3.8, 4) is 6.07 Å². The van der Waals surface area contributed by atoms with E-state index in [1.807, 2.05) is 30.5 Å². The number of nitriles is 1. The van der Waals surface area contributed by atoms with Crippen molar-refractivity contribution in [1.29, 1.82) is 5.26 Å². The first-order valence-electron chi connectivity index (χ1n) is 6.56. The first-order chi connectivity index (χ1) is 10.0. The summed E-state index contributed by atoms with van der Waals surface area (Å²) in [6, 6.07) is 12.3. The third kappa shape index (κ3) is 4.39. The summed E-state index contributed by atoms with van der Waals surface area (Å²) in [5, 5.41) is 10.7. The first-order valence-corrected chi connectivity index (χ1v) is 9.09. The van der Waals surface area contributed by atoms with Gasteiger partial charge in [-0.15, -0.1) is 11.3 Å². The SMILES string of the molecule is CCC(NS(=O)(=O)Cc1ccc(C#N)cc1)c1cccs1. The molecular formula is C15H16N2O2S2. The number of hydrogen-bond donors (Lipinski definition) is 1. The molecule has 4 nitrogen and oxygen atoms in total. The van der Waals surface area contributed by atoms with Gasteiger partial charge in [-0.3, -0.25) is 0 Å². The molecule has 0 amide bonds. The normalized spacial score (nSPS) is 12.8. The molecule has 0 aliphatic heterocycles. The lowest BCUT2D eigenvalue weighted by molar-refractivity contribution is 0.552. The van der Waals surface area contributed by atoms with Gasteiger partial charge in [0.15, 0.2) is 0 Å². The van der Waals surface area contributed by atoms with E-state index in [0.717, 1.165) is 4.88 Å². The summed E-state index contributed by atoms with van der Waals surface area (Å²) in [6.07, 6.45) is 0.702. The number of hydrogen-bond acceptors (Lipinski definition) is 4. The summed E-state index contributed by atoms with van der Waals surface area (Å²) in [5.41, 5.74) is 1.19. The zero-order valence-electron chi connectivity index (χ0n) is 11.6. The van der Waals surface area contributed by atoms with Crippen LogP contribution in [-0.2, 0) is 15.8 Å². The van der Waals surface area contributed by atoms with E-state index in [2.05, 4.69) is 4.72 Å². The van der Waals surface area contributed by atoms with E-state index in [1.165, 1.54) is 0 Å². The van der Waals surface area contributed by atoms with Gasteiger partial charge in [0.1, 0.15) is 0 Å². The van der Waals surface area contributed by atoms with Gasteiger partial charge in [-0.1, -0.05) is 25.1 Å². The van der Waals surface area contributed by atoms with Crippen molar-refractivity contribution < 1.29 is 8.42 Å². The highest BCUT2D eigenvalue weighted by Gasteiger charge is 2.19. The van der Waals surface area contributed by atoms with E-state index in [0.29, 0.717) is 17.5 Å². The molecule has 110 valence electrons. The fourth-order valence-corrected chi connectivity index (χ4v) is 4.36. The van der Waals surface area contributed by atoms with Crippen molar-refractivity contribution in [1.82, 2.24) is 4.72 Å². The van der Waals surface area contributed by atoms with Crippen LogP contribution in [0.1, 0.15) is 35.4 Å². The van der Waals surface area contributed by atoms with Crippen molar-refractivity contribution in [2.45, 2.75) is 25.1 Å². The third-order valence-electron chi connectivity index (χ3n) is 3.06. The van der Waals surface area contributed by atoms with E-state index < -0.39 is 10.0 Å². The van der Waals surface area contributed by atoms with Crippen LogP contribution < -0.4 is 4.72 Å². The molecule has 2 aromatic rings. The van der Waals surface area contributed by atoms with Crippen molar-refractivity contribution in [2.24, 2.45) is 0 Å². The van der Waals surface area contributed by atoms with Gasteiger partial charge in [0.25, 0.3) is 0 Å². The Labute approximate surface area is 129 Å². The first kappa shape index (κ1) is 15.7. The molecule has 1 atom stereocenters. The lowest BCUT2D eigenvalue weighted by Gasteiger charge is -2.15. The topological polar surface area (TPSA) is 70.0 Å². The minimum absolute atomic E-state index is 0.0828. The van der Waals surface area contributed by atoms with Crippen molar-refractivity contribution in [2.75, 3.05) is 0 Å². The maximum Gasteiger partial charge on any atom is 0.216 e. The molecule has 1 heterocycles. The molecule has 1 unspecified atom stereocenters. The van der Waals surface area contributed by atoms with Gasteiger partial charge in [-0.25, -0.2) is 13.1 Å². The third-order valence-corrected chi connectivity index (χ3v) is 5.40. The molecule has 0 radical (unpaired) electrons. The van der Waals surface area contributed by atoms with E-state index in [4.69, 9.17) is 5.26 Å². The predicted molar refractivity (Wildman–Crippen MR) is 84.3 cm³/mol. The van der Waals surface area contributed by atoms with Crippen LogP contribution in [0.2, 0.25) is 0 Å². The summed E-state index contributed by atoms with van der Waals surface area (Å²) < 4.78 is 27.2. The molecule has 2 rings (SSSR count). The Morgan fingerprint density at radius 3 is 2.52 bits per heavy atom. The number of rotatable bonds is 6. The van der Waals surface area contributed by atoms with Crippen molar-refractivity contribution in [3.63, 3.8) is 0 Å². The maximum absolute atomic E-state index is 12.2. The molecule has 0 aliphatic rings. The van der Waals surface area contributed by atoms with Crippen LogP contribution in [0.25, 0.3) is 0 Å². The van der Waals surface area contributed by atoms with Crippen LogP contribution in [-0.4, -0.2) is 8.42 Å². The van der Waals surface area contributed by atoms with Crippen LogP contribution in [0.4, 0.5) is 0 Å². The Morgan fingerprint density at radius 1 is 1.29 bits per heavy atom. The van der Waals surface area contributed by atoms with Crippen molar-refractivity contribution in [3.05, 3.63) is 57.8 Å². The molecule has 6 heteroatoms. The van der Waals surface area contributed by atoms with Crippen LogP contribution in [0.5, 0.6) is 0 Å². The average Bonchev–Trinajstić information content (AvgIpc) is 2.99. The highest BCUT2D eigenvalue weighted by atomic mass is 32.2. The summed E-state index contributed by atoms with van der Waals surface area (Å²) in [6.45, 7) is 1.95. The van der Waals surface area contributed by atoms with Gasteiger partial charge in [0.05, 0.1) is 23.4 Å². The van der Waals surface area contributed by atoms with Gasteiger partial charge in [-0.05, 0) is 35.6 Å². The van der Waals surface area contributed by atoms with Gasteiger partial charge in [-0.2, -0.15) is 5.26 Å². The second-order valence-electron chi connectivity index (χ2n) is 4.66. The Morgan fingerprint density at radius 2 is 2.00 bits per heavy atom. The number of thiophene rings is 1. The molecule has 1 N–H and O–H groups in total. The summed E-state index contributed by atoms with van der Waals surface area (Å²) in [4.78, 5) is 1.01. The van der Waals surface area contributed by atoms with E-state index in [-0.39, 0.29) is 11.8 Å². The molecule has 1 aromatic carbocycles. The van der Waals surface area contributed by atoms with Gasteiger partial charge in [0, 0.05) is 4.88 Å². The maximum atomic E-state index is 12.2. The molecule has 0 fully saturated rings. The molecule has 1 aromatic heterocycles. The molecule has 0 spiro atoms. The smallest absolute Gasteiger partial charge is 0.212 e. The quantitative estimate of drug-likeness (QED) is 0.888. The summed E-state index contributed by atoms with van der Waals surface area (Å²) in [5.74, 6) is -0.0828. The molecule has 0 saturated heterocycles. The summed E-state index contributed by atoms with van der Waals surface area (Å²) in [7, 11) is -3.42. The Hall–Kier alpha value is -1.68. The Kier molecular flexibility index (Phi) is 5.12. The van der Waals surface area contributed by atoms with E-state index in [1.54, 1.807) is 35.6 Å². The van der Waals surface area contributed by atoms with Gasteiger partial charge >= 0.3 is 0 Å². The largest absolute Gasteiger partial charge is 0.216 e. The molecule has 0 bridgehead atoms. The second kappa shape index (κ2) is 6.85. The highest BCUT2D eigenvalue weighted by Crippen LogP contribution is 2.23. The van der Waals surface area contributed by atoms with Crippen LogP contribution >= 0.6 is 11.3 Å². The van der Waals surface area contributed by atoms with Gasteiger partial charge in [0.2, 0.25) is 10.0 Å². The standard InChI is InChI=1S/C15H16N2O2S2/c1-2-14(15-4-3-9-20-15)17-21(18,19)11-13-7-5-12(10-16)6-8-13/h3-9,14,17H,2,11H2,1H3. The van der Waals surface area contributed by atoms with Crippen LogP contribution in [0, 0.1) is 11.3 Å². The second-order valence-corrected chi connectivity index (χ2v) is 7.40. The number of sulfonamides is 1. The molecular weight excluding hydrogens is 304 g/mol. The number of nitrogens with one attached hydrogen (secondary N) is 1. The lowest BCUT2D eigenvalue weighted by Crippen LogP contribution is -2.29. The average molecular weight is 320 g/mol. The fraction of sp³-hybridized carbons (Fsp3) is 0.267.